The third-order valence-corrected chi connectivity index (χ3v) is 2.32. The van der Waals surface area contributed by atoms with Crippen molar-refractivity contribution in [2.45, 2.75) is 13.5 Å². The highest BCUT2D eigenvalue weighted by Crippen LogP contribution is 2.13. The zero-order valence-corrected chi connectivity index (χ0v) is 10.2. The summed E-state index contributed by atoms with van der Waals surface area (Å²) in [5, 5.41) is 17.6. The lowest BCUT2D eigenvalue weighted by Crippen LogP contribution is -1.88. The molecule has 0 heterocycles. The summed E-state index contributed by atoms with van der Waals surface area (Å²) in [6.07, 6.45) is 9.58. The van der Waals surface area contributed by atoms with Crippen LogP contribution in [0.2, 0.25) is 0 Å². The van der Waals surface area contributed by atoms with Gasteiger partial charge in [0.25, 0.3) is 0 Å². The quantitative estimate of drug-likeness (QED) is 0.618. The van der Waals surface area contributed by atoms with Crippen LogP contribution in [0.1, 0.15) is 16.7 Å². The van der Waals surface area contributed by atoms with Crippen molar-refractivity contribution in [3.05, 3.63) is 65.3 Å². The molecule has 0 atom stereocenters. The standard InChI is InChI=1S/C15H16O3/c1-12-8-9-14(11-16)13(10-12)6-4-2-3-5-7-15(17)18/h2-10,16H,11H2,1H3,(H,17,18)/b3-2+,6-4+,7-5+. The fraction of sp³-hybridized carbons (Fsp3) is 0.133. The molecule has 0 saturated heterocycles. The number of aliphatic hydroxyl groups excluding tert-OH is 1. The number of aliphatic carboxylic acids is 1. The lowest BCUT2D eigenvalue weighted by atomic mass is 10.0. The molecule has 0 bridgehead atoms. The number of aryl methyl sites for hydroxylation is 1. The summed E-state index contributed by atoms with van der Waals surface area (Å²) in [6.45, 7) is 1.99. The summed E-state index contributed by atoms with van der Waals surface area (Å²) in [6, 6.07) is 5.83. The van der Waals surface area contributed by atoms with E-state index in [1.54, 1.807) is 18.2 Å². The fourth-order valence-corrected chi connectivity index (χ4v) is 1.44. The number of allylic oxidation sites excluding steroid dienone is 4. The Morgan fingerprint density at radius 2 is 1.94 bits per heavy atom. The van der Waals surface area contributed by atoms with Gasteiger partial charge in [-0.1, -0.05) is 54.1 Å². The molecule has 1 rings (SSSR count). The van der Waals surface area contributed by atoms with E-state index in [1.165, 1.54) is 6.08 Å². The van der Waals surface area contributed by atoms with Crippen LogP contribution < -0.4 is 0 Å². The second-order valence-electron chi connectivity index (χ2n) is 3.80. The van der Waals surface area contributed by atoms with Crippen LogP contribution >= 0.6 is 0 Å². The molecule has 0 saturated carbocycles. The van der Waals surface area contributed by atoms with Gasteiger partial charge in [-0.25, -0.2) is 4.79 Å². The molecule has 0 aliphatic heterocycles. The smallest absolute Gasteiger partial charge is 0.328 e. The summed E-state index contributed by atoms with van der Waals surface area (Å²) < 4.78 is 0. The van der Waals surface area contributed by atoms with Gasteiger partial charge >= 0.3 is 5.97 Å². The van der Waals surface area contributed by atoms with Crippen LogP contribution in [0.25, 0.3) is 6.08 Å². The van der Waals surface area contributed by atoms with Crippen molar-refractivity contribution in [1.82, 2.24) is 0 Å². The van der Waals surface area contributed by atoms with E-state index in [2.05, 4.69) is 0 Å². The van der Waals surface area contributed by atoms with Gasteiger partial charge in [0.1, 0.15) is 0 Å². The summed E-state index contributed by atoms with van der Waals surface area (Å²) in [5.74, 6) is -0.968. The molecular weight excluding hydrogens is 228 g/mol. The summed E-state index contributed by atoms with van der Waals surface area (Å²) in [5.41, 5.74) is 2.96. The molecule has 0 amide bonds. The van der Waals surface area contributed by atoms with Gasteiger partial charge in [-0.15, -0.1) is 0 Å². The maximum atomic E-state index is 10.2. The average Bonchev–Trinajstić information content (AvgIpc) is 2.33. The molecule has 3 nitrogen and oxygen atoms in total. The molecule has 18 heavy (non-hydrogen) atoms. The van der Waals surface area contributed by atoms with E-state index in [0.717, 1.165) is 22.8 Å². The minimum Gasteiger partial charge on any atom is -0.478 e. The van der Waals surface area contributed by atoms with Gasteiger partial charge in [-0.2, -0.15) is 0 Å². The SMILES string of the molecule is Cc1ccc(CO)c(/C=C/C=C/C=C/C(=O)O)c1. The van der Waals surface area contributed by atoms with E-state index >= 15 is 0 Å². The van der Waals surface area contributed by atoms with Crippen molar-refractivity contribution < 1.29 is 15.0 Å². The highest BCUT2D eigenvalue weighted by molar-refractivity contribution is 5.80. The Hall–Kier alpha value is -2.13. The third-order valence-electron chi connectivity index (χ3n) is 2.32. The first kappa shape index (κ1) is 13.9. The Labute approximate surface area is 106 Å². The van der Waals surface area contributed by atoms with E-state index in [9.17, 15) is 9.90 Å². The van der Waals surface area contributed by atoms with Crippen LogP contribution in [-0.2, 0) is 11.4 Å². The van der Waals surface area contributed by atoms with Crippen LogP contribution in [0.5, 0.6) is 0 Å². The lowest BCUT2D eigenvalue weighted by molar-refractivity contribution is -0.131. The van der Waals surface area contributed by atoms with Crippen molar-refractivity contribution in [2.75, 3.05) is 0 Å². The zero-order valence-electron chi connectivity index (χ0n) is 10.2. The normalized spacial score (nSPS) is 11.9. The first-order valence-corrected chi connectivity index (χ1v) is 5.58. The fourth-order valence-electron chi connectivity index (χ4n) is 1.44. The number of carbonyl (C=O) groups is 1. The van der Waals surface area contributed by atoms with Crippen LogP contribution in [-0.4, -0.2) is 16.2 Å². The number of hydrogen-bond donors (Lipinski definition) is 2. The highest BCUT2D eigenvalue weighted by atomic mass is 16.4. The molecule has 0 spiro atoms. The van der Waals surface area contributed by atoms with E-state index < -0.39 is 5.97 Å². The molecule has 0 fully saturated rings. The molecule has 3 heteroatoms. The number of aliphatic hydroxyl groups is 1. The predicted molar refractivity (Wildman–Crippen MR) is 72.1 cm³/mol. The largest absolute Gasteiger partial charge is 0.478 e. The topological polar surface area (TPSA) is 57.5 Å². The van der Waals surface area contributed by atoms with Crippen LogP contribution in [0.4, 0.5) is 0 Å². The zero-order chi connectivity index (χ0) is 13.4. The molecule has 0 radical (unpaired) electrons. The molecular formula is C15H16O3. The Bertz CT molecular complexity index is 496. The average molecular weight is 244 g/mol. The van der Waals surface area contributed by atoms with Crippen LogP contribution in [0.15, 0.2) is 48.6 Å². The summed E-state index contributed by atoms with van der Waals surface area (Å²) in [7, 11) is 0. The maximum Gasteiger partial charge on any atom is 0.328 e. The molecule has 1 aromatic carbocycles. The molecule has 0 aliphatic rings. The minimum absolute atomic E-state index is 0.00256. The van der Waals surface area contributed by atoms with Crippen molar-refractivity contribution in [3.8, 4) is 0 Å². The van der Waals surface area contributed by atoms with E-state index in [0.29, 0.717) is 0 Å². The van der Waals surface area contributed by atoms with Gasteiger partial charge in [0.05, 0.1) is 6.61 Å². The molecule has 94 valence electrons. The van der Waals surface area contributed by atoms with Gasteiger partial charge in [-0.05, 0) is 18.1 Å². The van der Waals surface area contributed by atoms with Gasteiger partial charge < -0.3 is 10.2 Å². The number of benzene rings is 1. The summed E-state index contributed by atoms with van der Waals surface area (Å²) in [4.78, 5) is 10.2. The monoisotopic (exact) mass is 244 g/mol. The molecule has 0 aromatic heterocycles. The first-order chi connectivity index (χ1) is 8.63. The van der Waals surface area contributed by atoms with Gasteiger partial charge in [0.15, 0.2) is 0 Å². The van der Waals surface area contributed by atoms with Crippen molar-refractivity contribution in [3.63, 3.8) is 0 Å². The number of rotatable bonds is 5. The molecule has 0 aliphatic carbocycles. The lowest BCUT2D eigenvalue weighted by Gasteiger charge is -2.03. The molecule has 2 N–H and O–H groups in total. The van der Waals surface area contributed by atoms with Crippen molar-refractivity contribution >= 4 is 12.0 Å². The minimum atomic E-state index is -0.968. The highest BCUT2D eigenvalue weighted by Gasteiger charge is 1.97. The van der Waals surface area contributed by atoms with Gasteiger partial charge in [-0.3, -0.25) is 0 Å². The Balaban J connectivity index is 2.72. The number of carboxylic acid groups (broad SMARTS) is 1. The second kappa shape index (κ2) is 7.25. The van der Waals surface area contributed by atoms with Crippen LogP contribution in [0.3, 0.4) is 0 Å². The van der Waals surface area contributed by atoms with E-state index in [4.69, 9.17) is 5.11 Å². The number of carboxylic acids is 1. The second-order valence-corrected chi connectivity index (χ2v) is 3.80. The maximum absolute atomic E-state index is 10.2. The number of hydrogen-bond acceptors (Lipinski definition) is 2. The van der Waals surface area contributed by atoms with Crippen LogP contribution in [0, 0.1) is 6.92 Å². The molecule has 0 unspecified atom stereocenters. The van der Waals surface area contributed by atoms with Gasteiger partial charge in [0.2, 0.25) is 0 Å². The summed E-state index contributed by atoms with van der Waals surface area (Å²) >= 11 is 0. The van der Waals surface area contributed by atoms with Crippen molar-refractivity contribution in [2.24, 2.45) is 0 Å². The Morgan fingerprint density at radius 3 is 2.61 bits per heavy atom. The van der Waals surface area contributed by atoms with E-state index in [-0.39, 0.29) is 6.61 Å². The van der Waals surface area contributed by atoms with E-state index in [1.807, 2.05) is 31.2 Å². The molecule has 1 aromatic rings. The third kappa shape index (κ3) is 4.80. The van der Waals surface area contributed by atoms with Gasteiger partial charge in [0, 0.05) is 6.08 Å². The Morgan fingerprint density at radius 1 is 1.22 bits per heavy atom. The predicted octanol–water partition coefficient (Wildman–Crippen LogP) is 2.70. The first-order valence-electron chi connectivity index (χ1n) is 5.58. The Kier molecular flexibility index (Phi) is 5.61. The van der Waals surface area contributed by atoms with Crippen molar-refractivity contribution in [1.29, 1.82) is 0 Å².